The Morgan fingerprint density at radius 2 is 0.827 bits per heavy atom. The second-order valence-electron chi connectivity index (χ2n) is 14.4. The molecule has 0 aromatic rings. The molecule has 52 heavy (non-hydrogen) atoms. The lowest BCUT2D eigenvalue weighted by molar-refractivity contribution is -0.161. The monoisotopic (exact) mass is 727 g/mol. The molecule has 0 fully saturated rings. The van der Waals surface area contributed by atoms with Crippen molar-refractivity contribution in [2.45, 2.75) is 213 Å². The molecule has 0 saturated heterocycles. The third-order valence-electron chi connectivity index (χ3n) is 9.30. The van der Waals surface area contributed by atoms with Gasteiger partial charge in [0.2, 0.25) is 0 Å². The van der Waals surface area contributed by atoms with Crippen molar-refractivity contribution in [1.29, 1.82) is 0 Å². The van der Waals surface area contributed by atoms with Crippen LogP contribution in [-0.4, -0.2) is 36.4 Å². The van der Waals surface area contributed by atoms with E-state index in [1.54, 1.807) is 0 Å². The van der Waals surface area contributed by atoms with Gasteiger partial charge in [-0.25, -0.2) is 0 Å². The first kappa shape index (κ1) is 49.6. The zero-order valence-corrected chi connectivity index (χ0v) is 34.1. The van der Waals surface area contributed by atoms with E-state index in [1.165, 1.54) is 109 Å². The van der Waals surface area contributed by atoms with Gasteiger partial charge in [0, 0.05) is 12.8 Å². The van der Waals surface area contributed by atoms with E-state index >= 15 is 0 Å². The number of carbonyl (C=O) groups excluding carboxylic acids is 2. The van der Waals surface area contributed by atoms with Crippen molar-refractivity contribution in [2.75, 3.05) is 13.2 Å². The second-order valence-corrected chi connectivity index (χ2v) is 14.4. The van der Waals surface area contributed by atoms with Crippen molar-refractivity contribution < 1.29 is 24.2 Å². The highest BCUT2D eigenvalue weighted by Crippen LogP contribution is 2.14. The summed E-state index contributed by atoms with van der Waals surface area (Å²) < 4.78 is 10.6. The van der Waals surface area contributed by atoms with Crippen LogP contribution in [0, 0.1) is 0 Å². The molecule has 1 N–H and O–H groups in total. The summed E-state index contributed by atoms with van der Waals surface area (Å²) in [5, 5.41) is 9.56. The molecule has 0 aromatic carbocycles. The SMILES string of the molecule is CC/C=C\C/C=C\C/C=C\CCCCCC(=O)OC(CO)COC(=O)CCCCCCCCCCCCCCC/C=C\C/C=C\CCCCCCC. The van der Waals surface area contributed by atoms with Gasteiger partial charge in [0.25, 0.3) is 0 Å². The van der Waals surface area contributed by atoms with E-state index in [-0.39, 0.29) is 25.2 Å². The van der Waals surface area contributed by atoms with Gasteiger partial charge in [0.1, 0.15) is 6.61 Å². The van der Waals surface area contributed by atoms with E-state index in [1.807, 2.05) is 0 Å². The van der Waals surface area contributed by atoms with Crippen LogP contribution in [0.15, 0.2) is 60.8 Å². The minimum Gasteiger partial charge on any atom is -0.462 e. The topological polar surface area (TPSA) is 72.8 Å². The van der Waals surface area contributed by atoms with Crippen molar-refractivity contribution in [1.82, 2.24) is 0 Å². The minimum absolute atomic E-state index is 0.0794. The quantitative estimate of drug-likeness (QED) is 0.0388. The average Bonchev–Trinajstić information content (AvgIpc) is 3.15. The van der Waals surface area contributed by atoms with Gasteiger partial charge in [-0.1, -0.05) is 177 Å². The van der Waals surface area contributed by atoms with Crippen LogP contribution in [-0.2, 0) is 19.1 Å². The van der Waals surface area contributed by atoms with Gasteiger partial charge < -0.3 is 14.6 Å². The van der Waals surface area contributed by atoms with Crippen molar-refractivity contribution in [3.8, 4) is 0 Å². The summed E-state index contributed by atoms with van der Waals surface area (Å²) in [6, 6.07) is 0. The molecular formula is C47H82O5. The molecule has 0 amide bonds. The highest BCUT2D eigenvalue weighted by Gasteiger charge is 2.16. The fourth-order valence-electron chi connectivity index (χ4n) is 6.01. The summed E-state index contributed by atoms with van der Waals surface area (Å²) in [5.41, 5.74) is 0. The van der Waals surface area contributed by atoms with Gasteiger partial charge >= 0.3 is 11.9 Å². The molecule has 0 aliphatic carbocycles. The fourth-order valence-corrected chi connectivity index (χ4v) is 6.01. The zero-order valence-electron chi connectivity index (χ0n) is 34.1. The normalized spacial score (nSPS) is 12.8. The summed E-state index contributed by atoms with van der Waals surface area (Å²) in [4.78, 5) is 24.3. The van der Waals surface area contributed by atoms with E-state index in [0.29, 0.717) is 12.8 Å². The molecule has 0 saturated carbocycles. The molecule has 0 radical (unpaired) electrons. The molecule has 0 spiro atoms. The van der Waals surface area contributed by atoms with Gasteiger partial charge in [-0.05, 0) is 77.0 Å². The molecule has 5 heteroatoms. The minimum atomic E-state index is -0.788. The standard InChI is InChI=1S/C47H82O5/c1-3-5-7-9-11-13-15-17-18-19-20-21-22-23-24-25-26-27-28-30-31-33-35-37-39-41-46(49)51-44-45(43-48)52-47(50)42-40-38-36-34-32-29-16-14-12-10-8-6-4-2/h6,8,12,14-15,17,19-20,29,32,45,48H,3-5,7,9-11,13,16,18,21-28,30-31,33-44H2,1-2H3/b8-6-,14-12-,17-15-,20-19-,32-29-. The van der Waals surface area contributed by atoms with E-state index in [0.717, 1.165) is 70.6 Å². The first-order valence-electron chi connectivity index (χ1n) is 21.8. The number of esters is 2. The highest BCUT2D eigenvalue weighted by atomic mass is 16.6. The number of ether oxygens (including phenoxy) is 2. The summed E-state index contributed by atoms with van der Waals surface area (Å²) in [5.74, 6) is -0.626. The lowest BCUT2D eigenvalue weighted by atomic mass is 10.0. The first-order valence-corrected chi connectivity index (χ1v) is 21.8. The maximum atomic E-state index is 12.1. The lowest BCUT2D eigenvalue weighted by Crippen LogP contribution is -2.28. The van der Waals surface area contributed by atoms with Crippen molar-refractivity contribution in [2.24, 2.45) is 0 Å². The van der Waals surface area contributed by atoms with Crippen molar-refractivity contribution >= 4 is 11.9 Å². The Kier molecular flexibility index (Phi) is 41.0. The number of allylic oxidation sites excluding steroid dienone is 10. The third kappa shape index (κ3) is 40.4. The number of aliphatic hydroxyl groups excluding tert-OH is 1. The fraction of sp³-hybridized carbons (Fsp3) is 0.745. The van der Waals surface area contributed by atoms with Crippen LogP contribution in [0.5, 0.6) is 0 Å². The molecule has 0 aromatic heterocycles. The number of rotatable bonds is 39. The van der Waals surface area contributed by atoms with Crippen molar-refractivity contribution in [3.05, 3.63) is 60.8 Å². The van der Waals surface area contributed by atoms with E-state index in [4.69, 9.17) is 9.47 Å². The van der Waals surface area contributed by atoms with Crippen LogP contribution >= 0.6 is 0 Å². The molecule has 5 nitrogen and oxygen atoms in total. The number of hydrogen-bond donors (Lipinski definition) is 1. The summed E-state index contributed by atoms with van der Waals surface area (Å²) in [6.07, 6.45) is 55.9. The van der Waals surface area contributed by atoms with E-state index in [2.05, 4.69) is 74.6 Å². The maximum absolute atomic E-state index is 12.1. The molecule has 300 valence electrons. The highest BCUT2D eigenvalue weighted by molar-refractivity contribution is 5.70. The Balaban J connectivity index is 3.52. The summed E-state index contributed by atoms with van der Waals surface area (Å²) in [7, 11) is 0. The first-order chi connectivity index (χ1) is 25.6. The predicted octanol–water partition coefficient (Wildman–Crippen LogP) is 14.0. The van der Waals surface area contributed by atoms with Crippen LogP contribution in [0.1, 0.15) is 206 Å². The number of carbonyl (C=O) groups is 2. The van der Waals surface area contributed by atoms with Gasteiger partial charge in [-0.2, -0.15) is 0 Å². The van der Waals surface area contributed by atoms with Crippen LogP contribution in [0.25, 0.3) is 0 Å². The van der Waals surface area contributed by atoms with Crippen LogP contribution in [0.4, 0.5) is 0 Å². The van der Waals surface area contributed by atoms with Gasteiger partial charge in [0.05, 0.1) is 6.61 Å². The Labute approximate surface area is 321 Å². The summed E-state index contributed by atoms with van der Waals surface area (Å²) in [6.45, 7) is 3.99. The molecule has 0 aliphatic rings. The molecular weight excluding hydrogens is 645 g/mol. The van der Waals surface area contributed by atoms with Crippen LogP contribution in [0.3, 0.4) is 0 Å². The second kappa shape index (κ2) is 43.0. The largest absolute Gasteiger partial charge is 0.462 e. The Bertz CT molecular complexity index is 915. The smallest absolute Gasteiger partial charge is 0.306 e. The molecule has 1 atom stereocenters. The average molecular weight is 727 g/mol. The molecule has 0 aliphatic heterocycles. The van der Waals surface area contributed by atoms with Crippen molar-refractivity contribution in [3.63, 3.8) is 0 Å². The van der Waals surface area contributed by atoms with Crippen LogP contribution < -0.4 is 0 Å². The maximum Gasteiger partial charge on any atom is 0.306 e. The molecule has 0 bridgehead atoms. The van der Waals surface area contributed by atoms with Gasteiger partial charge in [-0.15, -0.1) is 0 Å². The van der Waals surface area contributed by atoms with Crippen LogP contribution in [0.2, 0.25) is 0 Å². The molecule has 0 rings (SSSR count). The Morgan fingerprint density at radius 1 is 0.462 bits per heavy atom. The molecule has 0 heterocycles. The summed E-state index contributed by atoms with van der Waals surface area (Å²) >= 11 is 0. The number of unbranched alkanes of at least 4 members (excludes halogenated alkanes) is 21. The van der Waals surface area contributed by atoms with Gasteiger partial charge in [-0.3, -0.25) is 9.59 Å². The Morgan fingerprint density at radius 3 is 1.27 bits per heavy atom. The van der Waals surface area contributed by atoms with E-state index < -0.39 is 6.10 Å². The lowest BCUT2D eigenvalue weighted by Gasteiger charge is -2.15. The molecule has 1 unspecified atom stereocenters. The predicted molar refractivity (Wildman–Crippen MR) is 223 cm³/mol. The van der Waals surface area contributed by atoms with E-state index in [9.17, 15) is 14.7 Å². The number of hydrogen-bond acceptors (Lipinski definition) is 5. The number of aliphatic hydroxyl groups is 1. The Hall–Kier alpha value is -2.40. The van der Waals surface area contributed by atoms with Gasteiger partial charge in [0.15, 0.2) is 6.10 Å². The zero-order chi connectivity index (χ0) is 37.8. The third-order valence-corrected chi connectivity index (χ3v) is 9.30.